The summed E-state index contributed by atoms with van der Waals surface area (Å²) < 4.78 is 15.0. The molecule has 1 saturated heterocycles. The Bertz CT molecular complexity index is 946. The minimum atomic E-state index is -0.663. The van der Waals surface area contributed by atoms with Crippen LogP contribution in [0.25, 0.3) is 5.69 Å². The van der Waals surface area contributed by atoms with Crippen LogP contribution in [0.5, 0.6) is 0 Å². The van der Waals surface area contributed by atoms with Gasteiger partial charge in [-0.2, -0.15) is 0 Å². The molecule has 0 aliphatic carbocycles. The lowest BCUT2D eigenvalue weighted by molar-refractivity contribution is -0.147. The number of ether oxygens (including phenoxy) is 2. The maximum atomic E-state index is 13.3. The highest BCUT2D eigenvalue weighted by Gasteiger charge is 2.35. The third-order valence-electron chi connectivity index (χ3n) is 5.32. The molecule has 8 heteroatoms. The van der Waals surface area contributed by atoms with E-state index in [1.807, 2.05) is 81.8 Å². The van der Waals surface area contributed by atoms with Crippen molar-refractivity contribution in [1.29, 1.82) is 0 Å². The molecule has 1 fully saturated rings. The number of hydrogen-bond donors (Lipinski definition) is 0. The van der Waals surface area contributed by atoms with E-state index in [-0.39, 0.29) is 30.7 Å². The number of carbonyl (C=O) groups excluding carboxylic acids is 1. The topological polar surface area (TPSA) is 68.9 Å². The Morgan fingerprint density at radius 3 is 2.47 bits per heavy atom. The quantitative estimate of drug-likeness (QED) is 0.685. The number of rotatable bonds is 7. The number of hydrogen-bond acceptors (Lipinski definition) is 5. The Kier molecular flexibility index (Phi) is 6.50. The SMILES string of the molecule is Cc1c(CN(C[C@@H]2COC(C)(C)O2)C(=O)CN(C)C)c(=O)n(-c2ccccc2)n1C. The van der Waals surface area contributed by atoms with Crippen LogP contribution >= 0.6 is 0 Å². The van der Waals surface area contributed by atoms with E-state index in [1.54, 1.807) is 9.58 Å². The van der Waals surface area contributed by atoms with Crippen molar-refractivity contribution in [1.82, 2.24) is 19.2 Å². The van der Waals surface area contributed by atoms with Crippen LogP contribution < -0.4 is 5.56 Å². The first-order valence-corrected chi connectivity index (χ1v) is 10.2. The molecule has 1 aromatic heterocycles. The van der Waals surface area contributed by atoms with Crippen molar-refractivity contribution in [2.45, 2.75) is 39.2 Å². The maximum absolute atomic E-state index is 13.3. The minimum Gasteiger partial charge on any atom is -0.348 e. The average molecular weight is 417 g/mol. The van der Waals surface area contributed by atoms with E-state index >= 15 is 0 Å². The van der Waals surface area contributed by atoms with E-state index in [1.165, 1.54) is 0 Å². The molecule has 0 N–H and O–H groups in total. The number of carbonyl (C=O) groups is 1. The van der Waals surface area contributed by atoms with Crippen LogP contribution in [0.2, 0.25) is 0 Å². The van der Waals surface area contributed by atoms with Crippen LogP contribution in [0.3, 0.4) is 0 Å². The Morgan fingerprint density at radius 1 is 1.23 bits per heavy atom. The second kappa shape index (κ2) is 8.75. The molecule has 30 heavy (non-hydrogen) atoms. The lowest BCUT2D eigenvalue weighted by Gasteiger charge is -2.27. The smallest absolute Gasteiger partial charge is 0.276 e. The summed E-state index contributed by atoms with van der Waals surface area (Å²) in [4.78, 5) is 29.8. The van der Waals surface area contributed by atoms with Gasteiger partial charge in [0.2, 0.25) is 5.91 Å². The van der Waals surface area contributed by atoms with Gasteiger partial charge in [-0.05, 0) is 47.0 Å². The molecular weight excluding hydrogens is 384 g/mol. The summed E-state index contributed by atoms with van der Waals surface area (Å²) in [6.07, 6.45) is -0.230. The van der Waals surface area contributed by atoms with Gasteiger partial charge in [0.05, 0.1) is 30.9 Å². The molecule has 0 saturated carbocycles. The van der Waals surface area contributed by atoms with Crippen molar-refractivity contribution >= 4 is 5.91 Å². The molecule has 2 heterocycles. The lowest BCUT2D eigenvalue weighted by atomic mass is 10.2. The van der Waals surface area contributed by atoms with Crippen LogP contribution in [0.1, 0.15) is 25.1 Å². The molecule has 1 aliphatic rings. The van der Waals surface area contributed by atoms with E-state index in [4.69, 9.17) is 9.47 Å². The van der Waals surface area contributed by atoms with E-state index in [0.29, 0.717) is 18.7 Å². The number of para-hydroxylation sites is 1. The van der Waals surface area contributed by atoms with E-state index in [2.05, 4.69) is 0 Å². The minimum absolute atomic E-state index is 0.0535. The van der Waals surface area contributed by atoms with Gasteiger partial charge in [0.25, 0.3) is 5.56 Å². The molecule has 1 aliphatic heterocycles. The van der Waals surface area contributed by atoms with Gasteiger partial charge in [-0.3, -0.25) is 14.3 Å². The summed E-state index contributed by atoms with van der Waals surface area (Å²) in [5.74, 6) is -0.717. The van der Waals surface area contributed by atoms with Gasteiger partial charge >= 0.3 is 0 Å². The monoisotopic (exact) mass is 416 g/mol. The third kappa shape index (κ3) is 4.83. The fourth-order valence-corrected chi connectivity index (χ4v) is 3.72. The highest BCUT2D eigenvalue weighted by molar-refractivity contribution is 5.78. The Morgan fingerprint density at radius 2 is 1.90 bits per heavy atom. The number of amides is 1. The highest BCUT2D eigenvalue weighted by Crippen LogP contribution is 2.23. The van der Waals surface area contributed by atoms with Gasteiger partial charge in [0.1, 0.15) is 6.10 Å². The molecule has 8 nitrogen and oxygen atoms in total. The number of nitrogens with zero attached hydrogens (tertiary/aromatic N) is 4. The molecule has 1 amide bonds. The molecule has 1 aromatic carbocycles. The van der Waals surface area contributed by atoms with Crippen molar-refractivity contribution in [3.05, 3.63) is 51.9 Å². The molecular formula is C22H32N4O4. The molecule has 164 valence electrons. The van der Waals surface area contributed by atoms with Crippen LogP contribution in [-0.4, -0.2) is 70.8 Å². The molecule has 0 radical (unpaired) electrons. The van der Waals surface area contributed by atoms with E-state index < -0.39 is 5.79 Å². The van der Waals surface area contributed by atoms with Gasteiger partial charge in [-0.1, -0.05) is 18.2 Å². The van der Waals surface area contributed by atoms with E-state index in [0.717, 1.165) is 11.4 Å². The molecule has 2 aromatic rings. The predicted octanol–water partition coefficient (Wildman–Crippen LogP) is 1.53. The van der Waals surface area contributed by atoms with Crippen molar-refractivity contribution in [3.8, 4) is 5.69 Å². The van der Waals surface area contributed by atoms with Gasteiger partial charge in [-0.15, -0.1) is 0 Å². The van der Waals surface area contributed by atoms with E-state index in [9.17, 15) is 9.59 Å². The number of likely N-dealkylation sites (N-methyl/N-ethyl adjacent to an activating group) is 1. The molecule has 1 atom stereocenters. The summed E-state index contributed by atoms with van der Waals surface area (Å²) in [6, 6.07) is 9.50. The normalized spacial score (nSPS) is 18.2. The Labute approximate surface area is 177 Å². The molecule has 3 rings (SSSR count). The zero-order valence-electron chi connectivity index (χ0n) is 18.7. The number of benzene rings is 1. The predicted molar refractivity (Wildman–Crippen MR) is 115 cm³/mol. The third-order valence-corrected chi connectivity index (χ3v) is 5.32. The second-order valence-electron chi connectivity index (χ2n) is 8.50. The van der Waals surface area contributed by atoms with Gasteiger partial charge in [0, 0.05) is 19.3 Å². The summed E-state index contributed by atoms with van der Waals surface area (Å²) in [7, 11) is 5.56. The van der Waals surface area contributed by atoms with Crippen LogP contribution in [-0.2, 0) is 27.9 Å². The van der Waals surface area contributed by atoms with Crippen LogP contribution in [0.4, 0.5) is 0 Å². The Balaban J connectivity index is 1.90. The van der Waals surface area contributed by atoms with Crippen molar-refractivity contribution in [3.63, 3.8) is 0 Å². The summed E-state index contributed by atoms with van der Waals surface area (Å²) in [5.41, 5.74) is 2.11. The first kappa shape index (κ1) is 22.3. The highest BCUT2D eigenvalue weighted by atomic mass is 16.7. The first-order valence-electron chi connectivity index (χ1n) is 10.2. The lowest BCUT2D eigenvalue weighted by Crippen LogP contribution is -2.43. The van der Waals surface area contributed by atoms with Crippen molar-refractivity contribution < 1.29 is 14.3 Å². The summed E-state index contributed by atoms with van der Waals surface area (Å²) >= 11 is 0. The van der Waals surface area contributed by atoms with Crippen LogP contribution in [0.15, 0.2) is 35.1 Å². The first-order chi connectivity index (χ1) is 14.1. The zero-order valence-corrected chi connectivity index (χ0v) is 18.7. The van der Waals surface area contributed by atoms with Gasteiger partial charge in [0.15, 0.2) is 5.79 Å². The summed E-state index contributed by atoms with van der Waals surface area (Å²) in [6.45, 7) is 6.90. The van der Waals surface area contributed by atoms with Gasteiger partial charge in [-0.25, -0.2) is 4.68 Å². The van der Waals surface area contributed by atoms with Crippen molar-refractivity contribution in [2.75, 3.05) is 33.8 Å². The number of aromatic nitrogens is 2. The maximum Gasteiger partial charge on any atom is 0.276 e. The van der Waals surface area contributed by atoms with Gasteiger partial charge < -0.3 is 19.3 Å². The fraction of sp³-hybridized carbons (Fsp3) is 0.545. The average Bonchev–Trinajstić information content (AvgIpc) is 3.12. The molecule has 0 unspecified atom stereocenters. The summed E-state index contributed by atoms with van der Waals surface area (Å²) in [5, 5.41) is 0. The zero-order chi connectivity index (χ0) is 22.1. The molecule has 0 spiro atoms. The molecule has 0 bridgehead atoms. The largest absolute Gasteiger partial charge is 0.348 e. The van der Waals surface area contributed by atoms with Crippen LogP contribution in [0, 0.1) is 6.92 Å². The fourth-order valence-electron chi connectivity index (χ4n) is 3.72. The standard InChI is InChI=1S/C22H32N4O4/c1-16-19(21(28)26(24(16)6)17-10-8-7-9-11-17)13-25(20(27)14-23(4)5)12-18-15-29-22(2,3)30-18/h7-11,18H,12-15H2,1-6H3/t18-/m1/s1. The van der Waals surface area contributed by atoms with Crippen molar-refractivity contribution in [2.24, 2.45) is 7.05 Å². The Hall–Kier alpha value is -2.42. The second-order valence-corrected chi connectivity index (χ2v) is 8.50.